The molecule has 1 aliphatic rings. The number of rotatable bonds is 5. The van der Waals surface area contributed by atoms with Crippen molar-refractivity contribution in [3.8, 4) is 0 Å². The van der Waals surface area contributed by atoms with Gasteiger partial charge in [0.25, 0.3) is 0 Å². The first kappa shape index (κ1) is 11.1. The number of nitrogens with two attached hydrogens (primary N) is 1. The highest BCUT2D eigenvalue weighted by molar-refractivity contribution is 5.43. The van der Waals surface area contributed by atoms with Crippen LogP contribution in [0.15, 0.2) is 12.3 Å². The second-order valence-corrected chi connectivity index (χ2v) is 4.57. The molecule has 0 radical (unpaired) electrons. The van der Waals surface area contributed by atoms with Gasteiger partial charge >= 0.3 is 0 Å². The maximum atomic E-state index is 5.32. The summed E-state index contributed by atoms with van der Waals surface area (Å²) < 4.78 is 0. The number of aromatic nitrogens is 2. The first-order chi connectivity index (χ1) is 7.70. The van der Waals surface area contributed by atoms with Gasteiger partial charge in [0.1, 0.15) is 5.82 Å². The molecule has 1 aromatic heterocycles. The first-order valence-electron chi connectivity index (χ1n) is 5.77. The number of hydrogen-bond acceptors (Lipinski definition) is 5. The standard InChI is InChI=1S/C11H19N5/c1-8(2)16(7-9-3-4-9)10-5-6-13-11(14-10)15-12/h5-6,8-9H,3-4,7,12H2,1-2H3,(H,13,14,15). The van der Waals surface area contributed by atoms with E-state index < -0.39 is 0 Å². The molecule has 1 saturated carbocycles. The van der Waals surface area contributed by atoms with Crippen LogP contribution < -0.4 is 16.2 Å². The molecule has 1 heterocycles. The van der Waals surface area contributed by atoms with Gasteiger partial charge in [-0.15, -0.1) is 0 Å². The van der Waals surface area contributed by atoms with Gasteiger partial charge in [0.2, 0.25) is 5.95 Å². The lowest BCUT2D eigenvalue weighted by Crippen LogP contribution is -2.33. The minimum atomic E-state index is 0.445. The zero-order chi connectivity index (χ0) is 11.5. The zero-order valence-corrected chi connectivity index (χ0v) is 9.85. The van der Waals surface area contributed by atoms with E-state index in [1.165, 1.54) is 12.8 Å². The second-order valence-electron chi connectivity index (χ2n) is 4.57. The molecule has 1 aliphatic carbocycles. The van der Waals surface area contributed by atoms with Crippen molar-refractivity contribution < 1.29 is 0 Å². The van der Waals surface area contributed by atoms with E-state index in [9.17, 15) is 0 Å². The van der Waals surface area contributed by atoms with Crippen LogP contribution in [0.25, 0.3) is 0 Å². The molecule has 0 saturated heterocycles. The Balaban J connectivity index is 2.15. The second kappa shape index (κ2) is 4.65. The topological polar surface area (TPSA) is 67.1 Å². The summed E-state index contributed by atoms with van der Waals surface area (Å²) in [4.78, 5) is 10.7. The Morgan fingerprint density at radius 3 is 2.88 bits per heavy atom. The fraction of sp³-hybridized carbons (Fsp3) is 0.636. The number of hydrazine groups is 1. The Morgan fingerprint density at radius 2 is 2.31 bits per heavy atom. The SMILES string of the molecule is CC(C)N(CC1CC1)c1ccnc(NN)n1. The van der Waals surface area contributed by atoms with Crippen LogP contribution in [-0.4, -0.2) is 22.6 Å². The number of hydrogen-bond donors (Lipinski definition) is 2. The highest BCUT2D eigenvalue weighted by Crippen LogP contribution is 2.31. The van der Waals surface area contributed by atoms with Crippen molar-refractivity contribution in [2.45, 2.75) is 32.7 Å². The lowest BCUT2D eigenvalue weighted by Gasteiger charge is -2.27. The van der Waals surface area contributed by atoms with Crippen molar-refractivity contribution in [2.24, 2.45) is 11.8 Å². The zero-order valence-electron chi connectivity index (χ0n) is 9.85. The van der Waals surface area contributed by atoms with Gasteiger partial charge in [0.05, 0.1) is 0 Å². The summed E-state index contributed by atoms with van der Waals surface area (Å²) in [5, 5.41) is 0. The molecule has 16 heavy (non-hydrogen) atoms. The predicted molar refractivity (Wildman–Crippen MR) is 65.0 cm³/mol. The summed E-state index contributed by atoms with van der Waals surface area (Å²) in [6.45, 7) is 5.44. The maximum Gasteiger partial charge on any atom is 0.239 e. The normalized spacial score (nSPS) is 15.2. The number of anilines is 2. The molecule has 2 rings (SSSR count). The van der Waals surface area contributed by atoms with Gasteiger partial charge in [-0.25, -0.2) is 10.8 Å². The fourth-order valence-corrected chi connectivity index (χ4v) is 1.73. The van der Waals surface area contributed by atoms with E-state index in [4.69, 9.17) is 5.84 Å². The summed E-state index contributed by atoms with van der Waals surface area (Å²) in [6, 6.07) is 2.38. The highest BCUT2D eigenvalue weighted by atomic mass is 15.3. The molecular formula is C11H19N5. The molecule has 3 N–H and O–H groups in total. The van der Waals surface area contributed by atoms with E-state index in [0.29, 0.717) is 12.0 Å². The summed E-state index contributed by atoms with van der Waals surface area (Å²) in [5.74, 6) is 7.57. The van der Waals surface area contributed by atoms with Crippen LogP contribution in [0.3, 0.4) is 0 Å². The van der Waals surface area contributed by atoms with Gasteiger partial charge < -0.3 is 4.90 Å². The molecule has 1 aromatic rings. The molecule has 5 heteroatoms. The van der Waals surface area contributed by atoms with E-state index in [2.05, 4.69) is 34.1 Å². The Bertz CT molecular complexity index is 348. The van der Waals surface area contributed by atoms with Gasteiger partial charge in [-0.05, 0) is 38.7 Å². The summed E-state index contributed by atoms with van der Waals surface area (Å²) >= 11 is 0. The Morgan fingerprint density at radius 1 is 1.56 bits per heavy atom. The molecule has 0 aromatic carbocycles. The van der Waals surface area contributed by atoms with Crippen LogP contribution in [-0.2, 0) is 0 Å². The molecule has 0 amide bonds. The average molecular weight is 221 g/mol. The van der Waals surface area contributed by atoms with E-state index in [1.807, 2.05) is 6.07 Å². The van der Waals surface area contributed by atoms with Gasteiger partial charge in [0.15, 0.2) is 0 Å². The van der Waals surface area contributed by atoms with E-state index in [1.54, 1.807) is 6.20 Å². The molecule has 0 spiro atoms. The molecular weight excluding hydrogens is 202 g/mol. The third kappa shape index (κ3) is 2.61. The van der Waals surface area contributed by atoms with Crippen molar-refractivity contribution in [1.29, 1.82) is 0 Å². The number of nitrogen functional groups attached to an aromatic ring is 1. The Kier molecular flexibility index (Phi) is 3.24. The van der Waals surface area contributed by atoms with Crippen molar-refractivity contribution in [1.82, 2.24) is 9.97 Å². The van der Waals surface area contributed by atoms with Crippen molar-refractivity contribution in [3.63, 3.8) is 0 Å². The van der Waals surface area contributed by atoms with Crippen LogP contribution in [0.5, 0.6) is 0 Å². The first-order valence-corrected chi connectivity index (χ1v) is 5.77. The van der Waals surface area contributed by atoms with Crippen LogP contribution in [0.2, 0.25) is 0 Å². The molecule has 1 fully saturated rings. The maximum absolute atomic E-state index is 5.32. The highest BCUT2D eigenvalue weighted by Gasteiger charge is 2.26. The van der Waals surface area contributed by atoms with Crippen molar-refractivity contribution in [3.05, 3.63) is 12.3 Å². The predicted octanol–water partition coefficient (Wildman–Crippen LogP) is 1.39. The molecule has 88 valence electrons. The van der Waals surface area contributed by atoms with Crippen LogP contribution >= 0.6 is 0 Å². The molecule has 0 unspecified atom stereocenters. The van der Waals surface area contributed by atoms with Crippen LogP contribution in [0.1, 0.15) is 26.7 Å². The van der Waals surface area contributed by atoms with E-state index >= 15 is 0 Å². The summed E-state index contributed by atoms with van der Waals surface area (Å²) in [7, 11) is 0. The average Bonchev–Trinajstić information content (AvgIpc) is 3.09. The minimum absolute atomic E-state index is 0.445. The van der Waals surface area contributed by atoms with Crippen molar-refractivity contribution >= 4 is 11.8 Å². The van der Waals surface area contributed by atoms with Crippen LogP contribution in [0, 0.1) is 5.92 Å². The lowest BCUT2D eigenvalue weighted by atomic mass is 10.2. The van der Waals surface area contributed by atoms with Gasteiger partial charge in [-0.2, -0.15) is 4.98 Å². The molecule has 0 aliphatic heterocycles. The quantitative estimate of drug-likeness (QED) is 0.581. The fourth-order valence-electron chi connectivity index (χ4n) is 1.73. The number of nitrogens with zero attached hydrogens (tertiary/aromatic N) is 3. The lowest BCUT2D eigenvalue weighted by molar-refractivity contribution is 0.636. The smallest absolute Gasteiger partial charge is 0.239 e. The number of nitrogens with one attached hydrogen (secondary N) is 1. The Labute approximate surface area is 96.0 Å². The van der Waals surface area contributed by atoms with Gasteiger partial charge in [-0.3, -0.25) is 5.43 Å². The van der Waals surface area contributed by atoms with Gasteiger partial charge in [0, 0.05) is 18.8 Å². The molecule has 5 nitrogen and oxygen atoms in total. The third-order valence-corrected chi connectivity index (χ3v) is 2.84. The van der Waals surface area contributed by atoms with Crippen LogP contribution in [0.4, 0.5) is 11.8 Å². The summed E-state index contributed by atoms with van der Waals surface area (Å²) in [6.07, 6.45) is 4.42. The van der Waals surface area contributed by atoms with Gasteiger partial charge in [-0.1, -0.05) is 0 Å². The molecule has 0 bridgehead atoms. The molecule has 0 atom stereocenters. The van der Waals surface area contributed by atoms with E-state index in [0.717, 1.165) is 18.3 Å². The van der Waals surface area contributed by atoms with E-state index in [-0.39, 0.29) is 0 Å². The monoisotopic (exact) mass is 221 g/mol. The minimum Gasteiger partial charge on any atom is -0.354 e. The summed E-state index contributed by atoms with van der Waals surface area (Å²) in [5.41, 5.74) is 2.48. The van der Waals surface area contributed by atoms with Crippen molar-refractivity contribution in [2.75, 3.05) is 16.9 Å². The Hall–Kier alpha value is -1.36. The largest absolute Gasteiger partial charge is 0.354 e. The third-order valence-electron chi connectivity index (χ3n) is 2.84.